The topological polar surface area (TPSA) is 12.5 Å². The van der Waals surface area contributed by atoms with E-state index >= 15 is 0 Å². The molecule has 22 heavy (non-hydrogen) atoms. The van der Waals surface area contributed by atoms with E-state index in [0.29, 0.717) is 13.2 Å². The lowest BCUT2D eigenvalue weighted by atomic mass is 9.83. The SMILES string of the molecule is C#CCN1CCOC(c2ccccc2)(c2ccccc2)CC1. The summed E-state index contributed by atoms with van der Waals surface area (Å²) in [5.41, 5.74) is 2.04. The van der Waals surface area contributed by atoms with E-state index < -0.39 is 0 Å². The number of nitrogens with zero attached hydrogens (tertiary/aromatic N) is 1. The van der Waals surface area contributed by atoms with Gasteiger partial charge in [-0.05, 0) is 17.5 Å². The molecule has 0 radical (unpaired) electrons. The fourth-order valence-electron chi connectivity index (χ4n) is 3.17. The average molecular weight is 291 g/mol. The Balaban J connectivity index is 2.00. The van der Waals surface area contributed by atoms with Crippen LogP contribution in [0.25, 0.3) is 0 Å². The minimum atomic E-state index is -0.383. The molecule has 2 aromatic carbocycles. The highest BCUT2D eigenvalue weighted by Crippen LogP contribution is 2.38. The number of hydrogen-bond donors (Lipinski definition) is 0. The summed E-state index contributed by atoms with van der Waals surface area (Å²) in [4.78, 5) is 2.29. The van der Waals surface area contributed by atoms with Gasteiger partial charge in [-0.15, -0.1) is 6.42 Å². The van der Waals surface area contributed by atoms with E-state index in [1.165, 1.54) is 11.1 Å². The normalized spacial score (nSPS) is 18.3. The van der Waals surface area contributed by atoms with Crippen LogP contribution in [0.5, 0.6) is 0 Å². The minimum absolute atomic E-state index is 0.383. The van der Waals surface area contributed by atoms with Crippen LogP contribution >= 0.6 is 0 Å². The Kier molecular flexibility index (Phi) is 4.58. The van der Waals surface area contributed by atoms with Crippen molar-refractivity contribution in [2.24, 2.45) is 0 Å². The van der Waals surface area contributed by atoms with Gasteiger partial charge in [0.05, 0.1) is 13.2 Å². The monoisotopic (exact) mass is 291 g/mol. The standard InChI is InChI=1S/C20H21NO/c1-2-14-21-15-13-20(22-17-16-21,18-9-5-3-6-10-18)19-11-7-4-8-12-19/h1,3-12H,13-17H2. The molecule has 2 aromatic rings. The quantitative estimate of drug-likeness (QED) is 0.805. The molecular formula is C20H21NO. The molecule has 0 atom stereocenters. The van der Waals surface area contributed by atoms with Crippen molar-refractivity contribution in [2.75, 3.05) is 26.2 Å². The van der Waals surface area contributed by atoms with Gasteiger partial charge in [0.2, 0.25) is 0 Å². The first kappa shape index (κ1) is 14.8. The maximum Gasteiger partial charge on any atom is 0.119 e. The summed E-state index contributed by atoms with van der Waals surface area (Å²) in [6.07, 6.45) is 6.37. The molecule has 2 nitrogen and oxygen atoms in total. The molecule has 1 aliphatic rings. The Labute approximate surface area is 132 Å². The molecule has 112 valence electrons. The first-order valence-electron chi connectivity index (χ1n) is 7.76. The Morgan fingerprint density at radius 2 is 1.55 bits per heavy atom. The zero-order valence-corrected chi connectivity index (χ0v) is 12.7. The molecule has 0 spiro atoms. The molecular weight excluding hydrogens is 270 g/mol. The summed E-state index contributed by atoms with van der Waals surface area (Å²) in [7, 11) is 0. The van der Waals surface area contributed by atoms with Crippen LogP contribution in [0.1, 0.15) is 17.5 Å². The van der Waals surface area contributed by atoms with E-state index in [0.717, 1.165) is 19.5 Å². The molecule has 0 aliphatic carbocycles. The second-order valence-corrected chi connectivity index (χ2v) is 5.64. The minimum Gasteiger partial charge on any atom is -0.364 e. The van der Waals surface area contributed by atoms with E-state index in [4.69, 9.17) is 11.2 Å². The molecule has 1 saturated heterocycles. The summed E-state index contributed by atoms with van der Waals surface area (Å²) in [5.74, 6) is 2.74. The molecule has 1 aliphatic heterocycles. The Hall–Kier alpha value is -2.08. The number of benzene rings is 2. The second kappa shape index (κ2) is 6.79. The predicted molar refractivity (Wildman–Crippen MR) is 89.5 cm³/mol. The van der Waals surface area contributed by atoms with Crippen LogP contribution in [0.3, 0.4) is 0 Å². The fourth-order valence-corrected chi connectivity index (χ4v) is 3.17. The number of ether oxygens (including phenoxy) is 1. The van der Waals surface area contributed by atoms with Gasteiger partial charge in [0, 0.05) is 13.1 Å². The summed E-state index contributed by atoms with van der Waals surface area (Å²) in [6.45, 7) is 3.19. The van der Waals surface area contributed by atoms with Crippen LogP contribution in [0, 0.1) is 12.3 Å². The highest BCUT2D eigenvalue weighted by atomic mass is 16.5. The molecule has 1 fully saturated rings. The van der Waals surface area contributed by atoms with Crippen LogP contribution in [-0.4, -0.2) is 31.1 Å². The molecule has 0 aromatic heterocycles. The third-order valence-electron chi connectivity index (χ3n) is 4.33. The van der Waals surface area contributed by atoms with Crippen molar-refractivity contribution in [3.8, 4) is 12.3 Å². The molecule has 3 rings (SSSR count). The predicted octanol–water partition coefficient (Wildman–Crippen LogP) is 3.29. The number of terminal acetylenes is 1. The Bertz CT molecular complexity index is 590. The molecule has 2 heteroatoms. The van der Waals surface area contributed by atoms with E-state index in [-0.39, 0.29) is 5.60 Å². The second-order valence-electron chi connectivity index (χ2n) is 5.64. The van der Waals surface area contributed by atoms with Crippen LogP contribution in [0.4, 0.5) is 0 Å². The smallest absolute Gasteiger partial charge is 0.119 e. The van der Waals surface area contributed by atoms with Crippen molar-refractivity contribution in [1.29, 1.82) is 0 Å². The van der Waals surface area contributed by atoms with Crippen molar-refractivity contribution in [3.05, 3.63) is 71.8 Å². The van der Waals surface area contributed by atoms with Gasteiger partial charge in [-0.2, -0.15) is 0 Å². The van der Waals surface area contributed by atoms with Gasteiger partial charge in [0.15, 0.2) is 0 Å². The van der Waals surface area contributed by atoms with E-state index in [1.54, 1.807) is 0 Å². The highest BCUT2D eigenvalue weighted by molar-refractivity contribution is 5.36. The summed E-state index contributed by atoms with van der Waals surface area (Å²) < 4.78 is 6.43. The van der Waals surface area contributed by atoms with E-state index in [2.05, 4.69) is 59.4 Å². The highest BCUT2D eigenvalue weighted by Gasteiger charge is 2.37. The zero-order valence-electron chi connectivity index (χ0n) is 12.7. The first-order valence-corrected chi connectivity index (χ1v) is 7.76. The molecule has 0 unspecified atom stereocenters. The lowest BCUT2D eigenvalue weighted by Crippen LogP contribution is -2.32. The summed E-state index contributed by atoms with van der Waals surface area (Å²) in [5, 5.41) is 0. The maximum absolute atomic E-state index is 6.43. The number of hydrogen-bond acceptors (Lipinski definition) is 2. The Morgan fingerprint density at radius 3 is 2.09 bits per heavy atom. The van der Waals surface area contributed by atoms with Crippen molar-refractivity contribution in [2.45, 2.75) is 12.0 Å². The van der Waals surface area contributed by atoms with E-state index in [1.807, 2.05) is 12.1 Å². The van der Waals surface area contributed by atoms with Gasteiger partial charge in [-0.1, -0.05) is 66.6 Å². The molecule has 0 saturated carbocycles. The molecule has 0 N–H and O–H groups in total. The fraction of sp³-hybridized carbons (Fsp3) is 0.300. The lowest BCUT2D eigenvalue weighted by Gasteiger charge is -2.34. The van der Waals surface area contributed by atoms with E-state index in [9.17, 15) is 0 Å². The summed E-state index contributed by atoms with van der Waals surface area (Å²) >= 11 is 0. The van der Waals surface area contributed by atoms with Crippen molar-refractivity contribution in [1.82, 2.24) is 4.90 Å². The van der Waals surface area contributed by atoms with Crippen LogP contribution in [-0.2, 0) is 10.3 Å². The lowest BCUT2D eigenvalue weighted by molar-refractivity contribution is -0.0100. The first-order chi connectivity index (χ1) is 10.8. The third-order valence-corrected chi connectivity index (χ3v) is 4.33. The van der Waals surface area contributed by atoms with Gasteiger partial charge in [-0.25, -0.2) is 0 Å². The van der Waals surface area contributed by atoms with Crippen LogP contribution in [0.2, 0.25) is 0 Å². The van der Waals surface area contributed by atoms with Crippen LogP contribution < -0.4 is 0 Å². The van der Waals surface area contributed by atoms with Gasteiger partial charge in [0.1, 0.15) is 5.60 Å². The Morgan fingerprint density at radius 1 is 0.955 bits per heavy atom. The van der Waals surface area contributed by atoms with Crippen molar-refractivity contribution >= 4 is 0 Å². The van der Waals surface area contributed by atoms with Crippen LogP contribution in [0.15, 0.2) is 60.7 Å². The van der Waals surface area contributed by atoms with Gasteiger partial charge in [0.25, 0.3) is 0 Å². The summed E-state index contributed by atoms with van der Waals surface area (Å²) in [6, 6.07) is 21.0. The van der Waals surface area contributed by atoms with Gasteiger partial charge < -0.3 is 4.74 Å². The number of rotatable bonds is 3. The molecule has 0 amide bonds. The zero-order chi connectivity index (χ0) is 15.3. The third kappa shape index (κ3) is 2.92. The van der Waals surface area contributed by atoms with Crippen molar-refractivity contribution < 1.29 is 4.74 Å². The molecule has 1 heterocycles. The largest absolute Gasteiger partial charge is 0.364 e. The van der Waals surface area contributed by atoms with Gasteiger partial charge >= 0.3 is 0 Å². The van der Waals surface area contributed by atoms with Crippen molar-refractivity contribution in [3.63, 3.8) is 0 Å². The van der Waals surface area contributed by atoms with Gasteiger partial charge in [-0.3, -0.25) is 4.90 Å². The molecule has 0 bridgehead atoms. The average Bonchev–Trinajstić information content (AvgIpc) is 2.81. The maximum atomic E-state index is 6.43.